The molecule has 0 aliphatic heterocycles. The molecule has 0 atom stereocenters. The molecule has 0 bridgehead atoms. The van der Waals surface area contributed by atoms with Gasteiger partial charge in [0.15, 0.2) is 0 Å². The zero-order chi connectivity index (χ0) is 17.0. The van der Waals surface area contributed by atoms with Crippen LogP contribution in [0.2, 0.25) is 10.0 Å². The van der Waals surface area contributed by atoms with Gasteiger partial charge in [-0.15, -0.1) is 0 Å². The summed E-state index contributed by atoms with van der Waals surface area (Å²) in [6.07, 6.45) is 2.58. The fourth-order valence-corrected chi connectivity index (χ4v) is 2.07. The van der Waals surface area contributed by atoms with Crippen molar-refractivity contribution < 1.29 is 14.1 Å². The molecule has 2 aromatic carbocycles. The highest BCUT2D eigenvalue weighted by atomic mass is 35.5. The normalized spacial score (nSPS) is 10.7. The van der Waals surface area contributed by atoms with E-state index in [9.17, 15) is 19.3 Å². The van der Waals surface area contributed by atoms with Crippen LogP contribution >= 0.6 is 23.2 Å². The van der Waals surface area contributed by atoms with Crippen LogP contribution in [0.15, 0.2) is 42.5 Å². The van der Waals surface area contributed by atoms with E-state index in [1.54, 1.807) is 0 Å². The van der Waals surface area contributed by atoms with Crippen molar-refractivity contribution in [1.82, 2.24) is 0 Å². The van der Waals surface area contributed by atoms with Crippen molar-refractivity contribution in [2.24, 2.45) is 0 Å². The molecular formula is C15H9Cl2FN2O3. The summed E-state index contributed by atoms with van der Waals surface area (Å²) in [6, 6.07) is 7.92. The number of rotatable bonds is 4. The molecule has 1 N–H and O–H groups in total. The van der Waals surface area contributed by atoms with E-state index in [0.29, 0.717) is 11.3 Å². The summed E-state index contributed by atoms with van der Waals surface area (Å²) in [5, 5.41) is 13.2. The second-order valence-electron chi connectivity index (χ2n) is 4.42. The number of anilines is 1. The summed E-state index contributed by atoms with van der Waals surface area (Å²) in [5.74, 6) is -1.08. The third-order valence-corrected chi connectivity index (χ3v) is 3.39. The van der Waals surface area contributed by atoms with E-state index in [0.717, 1.165) is 6.07 Å². The molecular weight excluding hydrogens is 346 g/mol. The van der Waals surface area contributed by atoms with Gasteiger partial charge in [0.25, 0.3) is 5.69 Å². The molecule has 0 unspecified atom stereocenters. The minimum atomic E-state index is -0.611. The summed E-state index contributed by atoms with van der Waals surface area (Å²) < 4.78 is 13.0. The number of carbonyl (C=O) groups excluding carboxylic acids is 1. The molecule has 0 spiro atoms. The molecule has 8 heteroatoms. The van der Waals surface area contributed by atoms with Gasteiger partial charge in [0.2, 0.25) is 5.91 Å². The van der Waals surface area contributed by atoms with Crippen LogP contribution in [-0.4, -0.2) is 10.8 Å². The first-order valence-corrected chi connectivity index (χ1v) is 7.00. The molecule has 0 radical (unpaired) electrons. The molecule has 0 aliphatic carbocycles. The molecule has 118 valence electrons. The number of nitro groups is 1. The number of hydrogen-bond acceptors (Lipinski definition) is 3. The first kappa shape index (κ1) is 16.9. The molecule has 0 saturated carbocycles. The third kappa shape index (κ3) is 4.51. The maximum atomic E-state index is 13.0. The first-order chi connectivity index (χ1) is 10.9. The average Bonchev–Trinajstić information content (AvgIpc) is 2.50. The number of amides is 1. The molecule has 0 aliphatic rings. The van der Waals surface area contributed by atoms with Crippen molar-refractivity contribution in [2.45, 2.75) is 0 Å². The summed E-state index contributed by atoms with van der Waals surface area (Å²) in [6.45, 7) is 0. The second kappa shape index (κ2) is 7.21. The predicted molar refractivity (Wildman–Crippen MR) is 87.2 cm³/mol. The third-order valence-electron chi connectivity index (χ3n) is 2.78. The molecule has 2 aromatic rings. The van der Waals surface area contributed by atoms with Crippen molar-refractivity contribution in [3.63, 3.8) is 0 Å². The summed E-state index contributed by atoms with van der Waals surface area (Å²) >= 11 is 11.3. The van der Waals surface area contributed by atoms with Gasteiger partial charge in [0.1, 0.15) is 10.8 Å². The molecule has 0 heterocycles. The van der Waals surface area contributed by atoms with Gasteiger partial charge in [-0.1, -0.05) is 29.3 Å². The highest BCUT2D eigenvalue weighted by molar-refractivity contribution is 6.32. The number of nitrogens with zero attached hydrogens (tertiary/aromatic N) is 1. The Labute approximate surface area is 140 Å². The minimum absolute atomic E-state index is 0.0116. The second-order valence-corrected chi connectivity index (χ2v) is 5.23. The van der Waals surface area contributed by atoms with Crippen molar-refractivity contribution >= 4 is 46.6 Å². The Bertz CT molecular complexity index is 809. The van der Waals surface area contributed by atoms with Gasteiger partial charge >= 0.3 is 0 Å². The van der Waals surface area contributed by atoms with E-state index < -0.39 is 16.6 Å². The Hall–Kier alpha value is -2.44. The van der Waals surface area contributed by atoms with Crippen molar-refractivity contribution in [3.8, 4) is 0 Å². The van der Waals surface area contributed by atoms with Gasteiger partial charge in [0, 0.05) is 17.8 Å². The number of nitro benzene ring substituents is 1. The topological polar surface area (TPSA) is 72.2 Å². The van der Waals surface area contributed by atoms with Crippen molar-refractivity contribution in [2.75, 3.05) is 5.32 Å². The van der Waals surface area contributed by atoms with Crippen LogP contribution < -0.4 is 5.32 Å². The van der Waals surface area contributed by atoms with Crippen LogP contribution in [0.1, 0.15) is 5.56 Å². The van der Waals surface area contributed by atoms with Crippen LogP contribution in [0.25, 0.3) is 6.08 Å². The lowest BCUT2D eigenvalue weighted by Gasteiger charge is -2.03. The molecule has 0 saturated heterocycles. The average molecular weight is 355 g/mol. The molecule has 5 nitrogen and oxygen atoms in total. The van der Waals surface area contributed by atoms with E-state index in [2.05, 4.69) is 5.32 Å². The molecule has 23 heavy (non-hydrogen) atoms. The van der Waals surface area contributed by atoms with Gasteiger partial charge in [-0.2, -0.15) is 0 Å². The molecule has 1 amide bonds. The van der Waals surface area contributed by atoms with Crippen LogP contribution in [-0.2, 0) is 4.79 Å². The van der Waals surface area contributed by atoms with E-state index >= 15 is 0 Å². The van der Waals surface area contributed by atoms with Gasteiger partial charge in [0.05, 0.1) is 9.95 Å². The highest BCUT2D eigenvalue weighted by Crippen LogP contribution is 2.25. The highest BCUT2D eigenvalue weighted by Gasteiger charge is 2.11. The number of hydrogen-bond donors (Lipinski definition) is 1. The zero-order valence-electron chi connectivity index (χ0n) is 11.4. The Morgan fingerprint density at radius 3 is 2.57 bits per heavy atom. The fraction of sp³-hybridized carbons (Fsp3) is 0. The Kier molecular flexibility index (Phi) is 5.31. The van der Waals surface area contributed by atoms with Crippen LogP contribution in [0.3, 0.4) is 0 Å². The molecule has 2 rings (SSSR count). The maximum Gasteiger partial charge on any atom is 0.288 e. The van der Waals surface area contributed by atoms with Crippen LogP contribution in [0, 0.1) is 15.9 Å². The predicted octanol–water partition coefficient (Wildman–Crippen LogP) is 4.69. The molecule has 0 fully saturated rings. The minimum Gasteiger partial charge on any atom is -0.322 e. The van der Waals surface area contributed by atoms with E-state index in [1.165, 1.54) is 42.5 Å². The van der Waals surface area contributed by atoms with Gasteiger partial charge in [-0.25, -0.2) is 4.39 Å². The smallest absolute Gasteiger partial charge is 0.288 e. The Morgan fingerprint density at radius 2 is 1.91 bits per heavy atom. The van der Waals surface area contributed by atoms with Gasteiger partial charge < -0.3 is 5.32 Å². The summed E-state index contributed by atoms with van der Waals surface area (Å²) in [4.78, 5) is 21.9. The maximum absolute atomic E-state index is 13.0. The lowest BCUT2D eigenvalue weighted by molar-refractivity contribution is -0.384. The van der Waals surface area contributed by atoms with E-state index in [1.807, 2.05) is 0 Å². The monoisotopic (exact) mass is 354 g/mol. The number of nitrogens with one attached hydrogen (secondary N) is 1. The standard InChI is InChI=1S/C15H9Cl2FN2O3/c16-11-4-1-9(7-14(11)20(22)23)2-6-15(21)19-10-3-5-13(18)12(17)8-10/h1-8H,(H,19,21)/b6-2+. The largest absolute Gasteiger partial charge is 0.322 e. The van der Waals surface area contributed by atoms with E-state index in [-0.39, 0.29) is 15.7 Å². The Morgan fingerprint density at radius 1 is 1.17 bits per heavy atom. The van der Waals surface area contributed by atoms with E-state index in [4.69, 9.17) is 23.2 Å². The van der Waals surface area contributed by atoms with Gasteiger partial charge in [-0.3, -0.25) is 14.9 Å². The van der Waals surface area contributed by atoms with Crippen LogP contribution in [0.5, 0.6) is 0 Å². The van der Waals surface area contributed by atoms with Crippen LogP contribution in [0.4, 0.5) is 15.8 Å². The quantitative estimate of drug-likeness (QED) is 0.491. The fourth-order valence-electron chi connectivity index (χ4n) is 1.70. The number of carbonyl (C=O) groups is 1. The summed E-state index contributed by atoms with van der Waals surface area (Å²) in [5.41, 5.74) is 0.515. The van der Waals surface area contributed by atoms with Gasteiger partial charge in [-0.05, 0) is 35.9 Å². The number of halogens is 3. The first-order valence-electron chi connectivity index (χ1n) is 6.25. The number of benzene rings is 2. The van der Waals surface area contributed by atoms with Crippen molar-refractivity contribution in [3.05, 3.63) is 74.0 Å². The lowest BCUT2D eigenvalue weighted by atomic mass is 10.2. The summed E-state index contributed by atoms with van der Waals surface area (Å²) in [7, 11) is 0. The SMILES string of the molecule is O=C(/C=C/c1ccc(Cl)c([N+](=O)[O-])c1)Nc1ccc(F)c(Cl)c1. The molecule has 0 aromatic heterocycles. The lowest BCUT2D eigenvalue weighted by Crippen LogP contribution is -2.07. The zero-order valence-corrected chi connectivity index (χ0v) is 12.9. The Balaban J connectivity index is 2.10. The van der Waals surface area contributed by atoms with Crippen molar-refractivity contribution in [1.29, 1.82) is 0 Å².